The topological polar surface area (TPSA) is 93.7 Å². The fourth-order valence-electron chi connectivity index (χ4n) is 3.70. The summed E-state index contributed by atoms with van der Waals surface area (Å²) in [6, 6.07) is 14.3. The summed E-state index contributed by atoms with van der Waals surface area (Å²) in [5.74, 6) is -0.783. The highest BCUT2D eigenvalue weighted by Crippen LogP contribution is 2.37. The molecule has 1 unspecified atom stereocenters. The number of ether oxygens (including phenoxy) is 2. The van der Waals surface area contributed by atoms with Gasteiger partial charge in [0, 0.05) is 16.4 Å². The van der Waals surface area contributed by atoms with Gasteiger partial charge in [-0.3, -0.25) is 9.59 Å². The summed E-state index contributed by atoms with van der Waals surface area (Å²) in [5.41, 5.74) is 2.95. The molecule has 1 aliphatic rings. The minimum atomic E-state index is -1.21. The van der Waals surface area contributed by atoms with Gasteiger partial charge in [0.05, 0.1) is 18.4 Å². The lowest BCUT2D eigenvalue weighted by molar-refractivity contribution is -0.125. The summed E-state index contributed by atoms with van der Waals surface area (Å²) < 4.78 is 11.2. The fourth-order valence-corrected chi connectivity index (χ4v) is 4.76. The molecule has 0 saturated heterocycles. The standard InChI is InChI=1S/C27H28N2O5S/c1-15-10-13-21(33-4)20(14-15)28-25(31)23(18-8-6-5-7-9-18)34-27(32)22-16(2)17(3)35-26(22)29-24(30)19-11-12-19/h5-10,13-14,19,23H,11-12H2,1-4H3,(H,28,31)(H,29,30). The molecule has 7 nitrogen and oxygen atoms in total. The number of carbonyl (C=O) groups is 3. The predicted octanol–water partition coefficient (Wildman–Crippen LogP) is 5.57. The molecule has 1 heterocycles. The summed E-state index contributed by atoms with van der Waals surface area (Å²) in [6.45, 7) is 5.60. The smallest absolute Gasteiger partial charge is 0.342 e. The second-order valence-corrected chi connectivity index (χ2v) is 9.86. The average molecular weight is 493 g/mol. The molecule has 2 N–H and O–H groups in total. The SMILES string of the molecule is COc1ccc(C)cc1NC(=O)C(OC(=O)c1c(NC(=O)C2CC2)sc(C)c1C)c1ccccc1. The molecule has 182 valence electrons. The molecular formula is C27H28N2O5S. The van der Waals surface area contributed by atoms with Crippen LogP contribution in [0.3, 0.4) is 0 Å². The monoisotopic (exact) mass is 492 g/mol. The molecule has 0 bridgehead atoms. The van der Waals surface area contributed by atoms with E-state index in [0.717, 1.165) is 28.8 Å². The van der Waals surface area contributed by atoms with E-state index in [1.165, 1.54) is 18.4 Å². The Kier molecular flexibility index (Phi) is 7.21. The zero-order chi connectivity index (χ0) is 25.1. The van der Waals surface area contributed by atoms with Gasteiger partial charge in [0.1, 0.15) is 10.8 Å². The Hall–Kier alpha value is -3.65. The van der Waals surface area contributed by atoms with Crippen molar-refractivity contribution in [2.24, 2.45) is 5.92 Å². The van der Waals surface area contributed by atoms with Gasteiger partial charge < -0.3 is 20.1 Å². The van der Waals surface area contributed by atoms with E-state index in [-0.39, 0.29) is 17.4 Å². The molecule has 1 fully saturated rings. The van der Waals surface area contributed by atoms with Crippen LogP contribution in [-0.4, -0.2) is 24.9 Å². The van der Waals surface area contributed by atoms with E-state index in [9.17, 15) is 14.4 Å². The zero-order valence-electron chi connectivity index (χ0n) is 20.1. The molecule has 8 heteroatoms. The van der Waals surface area contributed by atoms with Crippen LogP contribution >= 0.6 is 11.3 Å². The molecule has 1 aliphatic carbocycles. The highest BCUT2D eigenvalue weighted by Gasteiger charge is 2.33. The Balaban J connectivity index is 1.63. The average Bonchev–Trinajstić information content (AvgIpc) is 3.65. The number of hydrogen-bond acceptors (Lipinski definition) is 6. The maximum Gasteiger partial charge on any atom is 0.342 e. The first kappa shape index (κ1) is 24.5. The number of thiophene rings is 1. The Morgan fingerprint density at radius 1 is 1.00 bits per heavy atom. The second kappa shape index (κ2) is 10.3. The van der Waals surface area contributed by atoms with Gasteiger partial charge in [-0.1, -0.05) is 36.4 Å². The van der Waals surface area contributed by atoms with Crippen LogP contribution in [0, 0.1) is 26.7 Å². The van der Waals surface area contributed by atoms with Gasteiger partial charge in [0.25, 0.3) is 5.91 Å². The molecule has 4 rings (SSSR count). The van der Waals surface area contributed by atoms with Gasteiger partial charge >= 0.3 is 5.97 Å². The first-order valence-corrected chi connectivity index (χ1v) is 12.2. The number of hydrogen-bond donors (Lipinski definition) is 2. The lowest BCUT2D eigenvalue weighted by atomic mass is 10.1. The largest absolute Gasteiger partial charge is 0.495 e. The van der Waals surface area contributed by atoms with Crippen LogP contribution in [-0.2, 0) is 14.3 Å². The number of rotatable bonds is 8. The van der Waals surface area contributed by atoms with Gasteiger partial charge in [-0.2, -0.15) is 0 Å². The van der Waals surface area contributed by atoms with E-state index in [1.807, 2.05) is 32.9 Å². The molecule has 2 amide bonds. The number of nitrogens with one attached hydrogen (secondary N) is 2. The quantitative estimate of drug-likeness (QED) is 0.401. The maximum absolute atomic E-state index is 13.4. The van der Waals surface area contributed by atoms with Gasteiger partial charge in [-0.05, 0) is 56.9 Å². The second-order valence-electron chi connectivity index (χ2n) is 8.64. The molecule has 35 heavy (non-hydrogen) atoms. The maximum atomic E-state index is 13.4. The van der Waals surface area contributed by atoms with Crippen LogP contribution in [0.2, 0.25) is 0 Å². The van der Waals surface area contributed by atoms with Crippen molar-refractivity contribution in [2.75, 3.05) is 17.7 Å². The Morgan fingerprint density at radius 2 is 1.71 bits per heavy atom. The molecule has 1 aromatic heterocycles. The van der Waals surface area contributed by atoms with Crippen LogP contribution in [0.5, 0.6) is 5.75 Å². The highest BCUT2D eigenvalue weighted by molar-refractivity contribution is 7.16. The molecule has 0 spiro atoms. The highest BCUT2D eigenvalue weighted by atomic mass is 32.1. The van der Waals surface area contributed by atoms with Crippen molar-refractivity contribution in [1.29, 1.82) is 0 Å². The van der Waals surface area contributed by atoms with Gasteiger partial charge in [0.15, 0.2) is 0 Å². The molecule has 2 aromatic carbocycles. The minimum Gasteiger partial charge on any atom is -0.495 e. The number of carbonyl (C=O) groups excluding carboxylic acids is 3. The number of anilines is 2. The Morgan fingerprint density at radius 3 is 2.37 bits per heavy atom. The number of methoxy groups -OCH3 is 1. The van der Waals surface area contributed by atoms with E-state index < -0.39 is 18.0 Å². The Labute approximate surface area is 208 Å². The molecule has 1 atom stereocenters. The van der Waals surface area contributed by atoms with Crippen LogP contribution < -0.4 is 15.4 Å². The third-order valence-corrected chi connectivity index (χ3v) is 7.08. The third-order valence-electron chi connectivity index (χ3n) is 5.95. The molecular weight excluding hydrogens is 464 g/mol. The summed E-state index contributed by atoms with van der Waals surface area (Å²) in [7, 11) is 1.52. The van der Waals surface area contributed by atoms with E-state index in [2.05, 4.69) is 10.6 Å². The van der Waals surface area contributed by atoms with Crippen LogP contribution in [0.4, 0.5) is 10.7 Å². The summed E-state index contributed by atoms with van der Waals surface area (Å²) in [4.78, 5) is 40.1. The van der Waals surface area contributed by atoms with Crippen molar-refractivity contribution in [1.82, 2.24) is 0 Å². The number of esters is 1. The van der Waals surface area contributed by atoms with Gasteiger partial charge in [-0.15, -0.1) is 11.3 Å². The molecule has 0 aliphatic heterocycles. The summed E-state index contributed by atoms with van der Waals surface area (Å²) in [6.07, 6.45) is 0.502. The van der Waals surface area contributed by atoms with Crippen molar-refractivity contribution in [3.05, 3.63) is 75.7 Å². The van der Waals surface area contributed by atoms with Crippen molar-refractivity contribution in [3.63, 3.8) is 0 Å². The van der Waals surface area contributed by atoms with Gasteiger partial charge in [-0.25, -0.2) is 4.79 Å². The molecule has 0 radical (unpaired) electrons. The number of aryl methyl sites for hydroxylation is 2. The third kappa shape index (κ3) is 5.54. The van der Waals surface area contributed by atoms with Crippen LogP contribution in [0.15, 0.2) is 48.5 Å². The van der Waals surface area contributed by atoms with Crippen LogP contribution in [0.1, 0.15) is 50.9 Å². The van der Waals surface area contributed by atoms with Crippen LogP contribution in [0.25, 0.3) is 0 Å². The first-order chi connectivity index (χ1) is 16.8. The zero-order valence-corrected chi connectivity index (χ0v) is 21.0. The molecule has 1 saturated carbocycles. The predicted molar refractivity (Wildman–Crippen MR) is 136 cm³/mol. The van der Waals surface area contributed by atoms with E-state index in [4.69, 9.17) is 9.47 Å². The van der Waals surface area contributed by atoms with Crippen molar-refractivity contribution >= 4 is 39.8 Å². The van der Waals surface area contributed by atoms with Gasteiger partial charge in [0.2, 0.25) is 12.0 Å². The van der Waals surface area contributed by atoms with Crippen molar-refractivity contribution in [3.8, 4) is 5.75 Å². The fraction of sp³-hybridized carbons (Fsp3) is 0.296. The van der Waals surface area contributed by atoms with Crippen molar-refractivity contribution in [2.45, 2.75) is 39.7 Å². The van der Waals surface area contributed by atoms with E-state index >= 15 is 0 Å². The number of benzene rings is 2. The Bertz CT molecular complexity index is 1260. The van der Waals surface area contributed by atoms with E-state index in [0.29, 0.717) is 22.0 Å². The summed E-state index contributed by atoms with van der Waals surface area (Å²) >= 11 is 1.33. The number of amides is 2. The summed E-state index contributed by atoms with van der Waals surface area (Å²) in [5, 5.41) is 6.17. The minimum absolute atomic E-state index is 0.00580. The lowest BCUT2D eigenvalue weighted by Crippen LogP contribution is -2.26. The first-order valence-electron chi connectivity index (χ1n) is 11.4. The lowest BCUT2D eigenvalue weighted by Gasteiger charge is -2.20. The van der Waals surface area contributed by atoms with E-state index in [1.54, 1.807) is 36.4 Å². The molecule has 3 aromatic rings. The van der Waals surface area contributed by atoms with Crippen molar-refractivity contribution < 1.29 is 23.9 Å². The normalized spacial score (nSPS) is 13.6.